The SMILES string of the molecule is C[C@H](c1ccccc1)N(C(=N)c1ccccc1)[C@H](C)c1ccccc1. The maximum Gasteiger partial charge on any atom is 0.129 e. The van der Waals surface area contributed by atoms with Crippen LogP contribution in [0.25, 0.3) is 0 Å². The average molecular weight is 328 g/mol. The minimum atomic E-state index is 0.101. The molecular weight excluding hydrogens is 304 g/mol. The minimum absolute atomic E-state index is 0.101. The van der Waals surface area contributed by atoms with Crippen LogP contribution in [-0.4, -0.2) is 10.7 Å². The zero-order valence-corrected chi connectivity index (χ0v) is 14.8. The molecule has 25 heavy (non-hydrogen) atoms. The third-order valence-electron chi connectivity index (χ3n) is 4.70. The van der Waals surface area contributed by atoms with Gasteiger partial charge < -0.3 is 4.90 Å². The van der Waals surface area contributed by atoms with Crippen LogP contribution in [0.15, 0.2) is 91.0 Å². The quantitative estimate of drug-likeness (QED) is 0.462. The lowest BCUT2D eigenvalue weighted by Crippen LogP contribution is -2.36. The molecule has 0 bridgehead atoms. The fraction of sp³-hybridized carbons (Fsp3) is 0.174. The summed E-state index contributed by atoms with van der Waals surface area (Å²) in [6, 6.07) is 31.0. The van der Waals surface area contributed by atoms with Crippen LogP contribution in [0.3, 0.4) is 0 Å². The van der Waals surface area contributed by atoms with Crippen molar-refractivity contribution in [1.82, 2.24) is 4.90 Å². The van der Waals surface area contributed by atoms with Crippen LogP contribution in [0.1, 0.15) is 42.6 Å². The van der Waals surface area contributed by atoms with Gasteiger partial charge in [-0.25, -0.2) is 0 Å². The summed E-state index contributed by atoms with van der Waals surface area (Å²) in [7, 11) is 0. The summed E-state index contributed by atoms with van der Waals surface area (Å²) in [5.74, 6) is 0.549. The van der Waals surface area contributed by atoms with E-state index in [0.717, 1.165) is 5.56 Å². The molecule has 2 atom stereocenters. The van der Waals surface area contributed by atoms with E-state index in [0.29, 0.717) is 5.84 Å². The normalized spacial score (nSPS) is 13.0. The van der Waals surface area contributed by atoms with Gasteiger partial charge in [0.15, 0.2) is 0 Å². The molecule has 0 fully saturated rings. The molecule has 0 aliphatic rings. The third kappa shape index (κ3) is 3.80. The van der Waals surface area contributed by atoms with Gasteiger partial charge in [0.05, 0.1) is 12.1 Å². The maximum atomic E-state index is 8.87. The molecule has 0 aliphatic heterocycles. The van der Waals surface area contributed by atoms with Crippen molar-refractivity contribution in [1.29, 1.82) is 5.41 Å². The summed E-state index contributed by atoms with van der Waals surface area (Å²) in [6.07, 6.45) is 0. The van der Waals surface area contributed by atoms with Gasteiger partial charge in [-0.05, 0) is 25.0 Å². The molecule has 0 radical (unpaired) electrons. The topological polar surface area (TPSA) is 27.1 Å². The van der Waals surface area contributed by atoms with Gasteiger partial charge in [-0.2, -0.15) is 0 Å². The van der Waals surface area contributed by atoms with Crippen molar-refractivity contribution in [3.63, 3.8) is 0 Å². The lowest BCUT2D eigenvalue weighted by molar-refractivity contribution is 0.267. The van der Waals surface area contributed by atoms with E-state index in [2.05, 4.69) is 67.3 Å². The Balaban J connectivity index is 2.00. The first-order chi connectivity index (χ1) is 12.2. The highest BCUT2D eigenvalue weighted by atomic mass is 15.2. The molecule has 0 saturated carbocycles. The molecule has 2 heteroatoms. The summed E-state index contributed by atoms with van der Waals surface area (Å²) in [6.45, 7) is 4.35. The molecular formula is C23H24N2. The van der Waals surface area contributed by atoms with E-state index in [1.54, 1.807) is 0 Å². The van der Waals surface area contributed by atoms with Gasteiger partial charge >= 0.3 is 0 Å². The van der Waals surface area contributed by atoms with Crippen LogP contribution in [0.2, 0.25) is 0 Å². The highest BCUT2D eigenvalue weighted by Gasteiger charge is 2.25. The van der Waals surface area contributed by atoms with Crippen LogP contribution in [0.4, 0.5) is 0 Å². The molecule has 3 aromatic rings. The van der Waals surface area contributed by atoms with Crippen LogP contribution in [0, 0.1) is 5.41 Å². The second kappa shape index (κ2) is 7.80. The minimum Gasteiger partial charge on any atom is -0.343 e. The van der Waals surface area contributed by atoms with Crippen molar-refractivity contribution in [2.24, 2.45) is 0 Å². The molecule has 126 valence electrons. The van der Waals surface area contributed by atoms with Gasteiger partial charge in [0.1, 0.15) is 5.84 Å². The molecule has 3 rings (SSSR count). The van der Waals surface area contributed by atoms with Gasteiger partial charge in [0.2, 0.25) is 0 Å². The van der Waals surface area contributed by atoms with E-state index >= 15 is 0 Å². The highest BCUT2D eigenvalue weighted by molar-refractivity contribution is 5.96. The Morgan fingerprint density at radius 1 is 0.640 bits per heavy atom. The number of benzene rings is 3. The predicted octanol–water partition coefficient (Wildman–Crippen LogP) is 5.84. The molecule has 0 amide bonds. The van der Waals surface area contributed by atoms with Gasteiger partial charge in [0, 0.05) is 5.56 Å². The molecule has 0 aliphatic carbocycles. The number of hydrogen-bond acceptors (Lipinski definition) is 1. The zero-order chi connectivity index (χ0) is 17.6. The number of amidine groups is 1. The fourth-order valence-electron chi connectivity index (χ4n) is 3.25. The van der Waals surface area contributed by atoms with Crippen LogP contribution >= 0.6 is 0 Å². The highest BCUT2D eigenvalue weighted by Crippen LogP contribution is 2.31. The van der Waals surface area contributed by atoms with Crippen LogP contribution in [0.5, 0.6) is 0 Å². The maximum absolute atomic E-state index is 8.87. The summed E-state index contributed by atoms with van der Waals surface area (Å²) in [5.41, 5.74) is 3.37. The Kier molecular flexibility index (Phi) is 5.30. The summed E-state index contributed by atoms with van der Waals surface area (Å²) in [5, 5.41) is 8.87. The number of nitrogens with zero attached hydrogens (tertiary/aromatic N) is 1. The van der Waals surface area contributed by atoms with Crippen molar-refractivity contribution < 1.29 is 0 Å². The molecule has 2 nitrogen and oxygen atoms in total. The molecule has 1 N–H and O–H groups in total. The average Bonchev–Trinajstić information content (AvgIpc) is 2.70. The fourth-order valence-corrected chi connectivity index (χ4v) is 3.25. The summed E-state index contributed by atoms with van der Waals surface area (Å²) >= 11 is 0. The standard InChI is InChI=1S/C23H24N2/c1-18(20-12-6-3-7-13-20)25(19(2)21-14-8-4-9-15-21)23(24)22-16-10-5-11-17-22/h3-19,24H,1-2H3/t18-,19-/m1/s1. The van der Waals surface area contributed by atoms with Crippen LogP contribution < -0.4 is 0 Å². The second-order valence-electron chi connectivity index (χ2n) is 6.30. The summed E-state index contributed by atoms with van der Waals surface area (Å²) < 4.78 is 0. The lowest BCUT2D eigenvalue weighted by Gasteiger charge is -2.37. The van der Waals surface area contributed by atoms with E-state index in [-0.39, 0.29) is 12.1 Å². The largest absolute Gasteiger partial charge is 0.343 e. The first-order valence-electron chi connectivity index (χ1n) is 8.70. The number of rotatable bonds is 5. The Morgan fingerprint density at radius 2 is 1.00 bits per heavy atom. The monoisotopic (exact) mass is 328 g/mol. The Bertz CT molecular complexity index is 752. The predicted molar refractivity (Wildman–Crippen MR) is 105 cm³/mol. The molecule has 0 unspecified atom stereocenters. The second-order valence-corrected chi connectivity index (χ2v) is 6.30. The summed E-state index contributed by atoms with van der Waals surface area (Å²) in [4.78, 5) is 2.19. The van der Waals surface area contributed by atoms with Crippen molar-refractivity contribution in [2.45, 2.75) is 25.9 Å². The van der Waals surface area contributed by atoms with Crippen molar-refractivity contribution >= 4 is 5.84 Å². The van der Waals surface area contributed by atoms with E-state index in [9.17, 15) is 0 Å². The van der Waals surface area contributed by atoms with E-state index in [1.165, 1.54) is 11.1 Å². The number of hydrogen-bond donors (Lipinski definition) is 1. The smallest absolute Gasteiger partial charge is 0.129 e. The lowest BCUT2D eigenvalue weighted by atomic mass is 9.99. The Morgan fingerprint density at radius 3 is 1.40 bits per heavy atom. The van der Waals surface area contributed by atoms with E-state index in [1.807, 2.05) is 42.5 Å². The molecule has 3 aromatic carbocycles. The van der Waals surface area contributed by atoms with Crippen molar-refractivity contribution in [3.05, 3.63) is 108 Å². The van der Waals surface area contributed by atoms with Crippen molar-refractivity contribution in [2.75, 3.05) is 0 Å². The third-order valence-corrected chi connectivity index (χ3v) is 4.70. The molecule has 0 spiro atoms. The van der Waals surface area contributed by atoms with Gasteiger partial charge in [-0.15, -0.1) is 0 Å². The Labute approximate surface area is 150 Å². The molecule has 0 saturated heterocycles. The van der Waals surface area contributed by atoms with Gasteiger partial charge in [-0.3, -0.25) is 5.41 Å². The molecule has 0 aromatic heterocycles. The Hall–Kier alpha value is -2.87. The molecule has 0 heterocycles. The van der Waals surface area contributed by atoms with Gasteiger partial charge in [-0.1, -0.05) is 91.0 Å². The van der Waals surface area contributed by atoms with Gasteiger partial charge in [0.25, 0.3) is 0 Å². The first-order valence-corrected chi connectivity index (χ1v) is 8.70. The number of nitrogens with one attached hydrogen (secondary N) is 1. The van der Waals surface area contributed by atoms with Crippen LogP contribution in [-0.2, 0) is 0 Å². The zero-order valence-electron chi connectivity index (χ0n) is 14.8. The van der Waals surface area contributed by atoms with E-state index < -0.39 is 0 Å². The van der Waals surface area contributed by atoms with E-state index in [4.69, 9.17) is 5.41 Å². The first kappa shape index (κ1) is 17.0. The van der Waals surface area contributed by atoms with Crippen molar-refractivity contribution in [3.8, 4) is 0 Å².